The fraction of sp³-hybridized carbons (Fsp3) is 0.333. The van der Waals surface area contributed by atoms with Crippen LogP contribution in [0.25, 0.3) is 0 Å². The third-order valence-electron chi connectivity index (χ3n) is 2.31. The van der Waals surface area contributed by atoms with Crippen LogP contribution in [0, 0.1) is 0 Å². The predicted octanol–water partition coefficient (Wildman–Crippen LogP) is 1.67. The molecule has 0 atom stereocenters. The first kappa shape index (κ1) is 12.4. The summed E-state index contributed by atoms with van der Waals surface area (Å²) >= 11 is 0. The highest BCUT2D eigenvalue weighted by molar-refractivity contribution is 5.54. The van der Waals surface area contributed by atoms with Crippen molar-refractivity contribution in [1.29, 1.82) is 0 Å². The van der Waals surface area contributed by atoms with Crippen molar-refractivity contribution in [2.24, 2.45) is 0 Å². The Morgan fingerprint density at radius 1 is 1.33 bits per heavy atom. The van der Waals surface area contributed by atoms with E-state index in [1.165, 1.54) is 0 Å². The van der Waals surface area contributed by atoms with E-state index in [0.717, 1.165) is 18.7 Å². The maximum Gasteiger partial charge on any atom is 0.168 e. The highest BCUT2D eigenvalue weighted by Gasteiger charge is 1.99. The lowest BCUT2D eigenvalue weighted by Crippen LogP contribution is -2.09. The van der Waals surface area contributed by atoms with E-state index in [0.29, 0.717) is 24.8 Å². The Kier molecular flexibility index (Phi) is 4.54. The third kappa shape index (κ3) is 3.74. The Bertz CT molecular complexity index is 459. The molecule has 2 heterocycles. The zero-order valence-corrected chi connectivity index (χ0v) is 10.0. The fourth-order valence-electron chi connectivity index (χ4n) is 1.43. The lowest BCUT2D eigenvalue weighted by atomic mass is 10.4. The molecular weight excluding hydrogens is 232 g/mol. The number of rotatable bonds is 7. The largest absolute Gasteiger partial charge is 0.467 e. The maximum absolute atomic E-state index is 5.65. The zero-order chi connectivity index (χ0) is 12.6. The van der Waals surface area contributed by atoms with Gasteiger partial charge in [-0.2, -0.15) is 0 Å². The SMILES string of the molecule is Nc1nccnc1NCCCOCc1ccco1. The van der Waals surface area contributed by atoms with Crippen LogP contribution in [0.3, 0.4) is 0 Å². The van der Waals surface area contributed by atoms with E-state index in [9.17, 15) is 0 Å². The molecule has 0 aliphatic carbocycles. The van der Waals surface area contributed by atoms with E-state index in [1.807, 2.05) is 12.1 Å². The smallest absolute Gasteiger partial charge is 0.168 e. The molecule has 0 saturated carbocycles. The van der Waals surface area contributed by atoms with Crippen LogP contribution < -0.4 is 11.1 Å². The Balaban J connectivity index is 1.58. The first-order valence-corrected chi connectivity index (χ1v) is 5.77. The van der Waals surface area contributed by atoms with Gasteiger partial charge in [0, 0.05) is 25.5 Å². The summed E-state index contributed by atoms with van der Waals surface area (Å²) in [5.41, 5.74) is 5.65. The summed E-state index contributed by atoms with van der Waals surface area (Å²) in [7, 11) is 0. The van der Waals surface area contributed by atoms with Crippen molar-refractivity contribution >= 4 is 11.6 Å². The maximum atomic E-state index is 5.65. The third-order valence-corrected chi connectivity index (χ3v) is 2.31. The predicted molar refractivity (Wildman–Crippen MR) is 67.9 cm³/mol. The van der Waals surface area contributed by atoms with Gasteiger partial charge < -0.3 is 20.2 Å². The van der Waals surface area contributed by atoms with Crippen LogP contribution in [0.1, 0.15) is 12.2 Å². The molecule has 0 aliphatic rings. The molecule has 0 fully saturated rings. The first-order chi connectivity index (χ1) is 8.86. The van der Waals surface area contributed by atoms with Gasteiger partial charge in [-0.1, -0.05) is 0 Å². The first-order valence-electron chi connectivity index (χ1n) is 5.77. The van der Waals surface area contributed by atoms with E-state index in [-0.39, 0.29) is 0 Å². The number of hydrogen-bond acceptors (Lipinski definition) is 6. The molecule has 0 bridgehead atoms. The number of anilines is 2. The van der Waals surface area contributed by atoms with E-state index < -0.39 is 0 Å². The molecule has 2 rings (SSSR count). The van der Waals surface area contributed by atoms with E-state index in [4.69, 9.17) is 14.9 Å². The summed E-state index contributed by atoms with van der Waals surface area (Å²) < 4.78 is 10.6. The normalized spacial score (nSPS) is 10.4. The van der Waals surface area contributed by atoms with Crippen molar-refractivity contribution in [3.63, 3.8) is 0 Å². The van der Waals surface area contributed by atoms with Crippen LogP contribution in [-0.2, 0) is 11.3 Å². The molecule has 0 saturated heterocycles. The molecule has 0 spiro atoms. The van der Waals surface area contributed by atoms with Gasteiger partial charge in [0.05, 0.1) is 6.26 Å². The van der Waals surface area contributed by atoms with Crippen LogP contribution >= 0.6 is 0 Å². The van der Waals surface area contributed by atoms with Crippen molar-refractivity contribution in [3.8, 4) is 0 Å². The summed E-state index contributed by atoms with van der Waals surface area (Å²) in [6.07, 6.45) is 5.66. The number of ether oxygens (including phenoxy) is 1. The summed E-state index contributed by atoms with van der Waals surface area (Å²) in [6, 6.07) is 3.73. The second-order valence-corrected chi connectivity index (χ2v) is 3.70. The average molecular weight is 248 g/mol. The van der Waals surface area contributed by atoms with Gasteiger partial charge in [0.1, 0.15) is 12.4 Å². The summed E-state index contributed by atoms with van der Waals surface area (Å²) in [5, 5.41) is 3.10. The highest BCUT2D eigenvalue weighted by atomic mass is 16.5. The number of nitrogens with zero attached hydrogens (tertiary/aromatic N) is 2. The molecular formula is C12H16N4O2. The number of furan rings is 1. The molecule has 3 N–H and O–H groups in total. The van der Waals surface area contributed by atoms with E-state index >= 15 is 0 Å². The monoisotopic (exact) mass is 248 g/mol. The molecule has 0 unspecified atom stereocenters. The van der Waals surface area contributed by atoms with Crippen molar-refractivity contribution in [1.82, 2.24) is 9.97 Å². The van der Waals surface area contributed by atoms with Crippen molar-refractivity contribution in [2.75, 3.05) is 24.2 Å². The Hall–Kier alpha value is -2.08. The number of nitrogens with two attached hydrogens (primary N) is 1. The van der Waals surface area contributed by atoms with Crippen molar-refractivity contribution in [3.05, 3.63) is 36.5 Å². The van der Waals surface area contributed by atoms with Crippen LogP contribution in [0.4, 0.5) is 11.6 Å². The highest BCUT2D eigenvalue weighted by Crippen LogP contribution is 2.09. The van der Waals surface area contributed by atoms with Gasteiger partial charge in [0.15, 0.2) is 11.6 Å². The summed E-state index contributed by atoms with van der Waals surface area (Å²) in [4.78, 5) is 8.02. The number of nitrogens with one attached hydrogen (secondary N) is 1. The van der Waals surface area contributed by atoms with Crippen molar-refractivity contribution < 1.29 is 9.15 Å². The molecule has 6 heteroatoms. The molecule has 0 aliphatic heterocycles. The minimum atomic E-state index is 0.411. The molecule has 0 radical (unpaired) electrons. The Morgan fingerprint density at radius 3 is 3.00 bits per heavy atom. The lowest BCUT2D eigenvalue weighted by molar-refractivity contribution is 0.106. The van der Waals surface area contributed by atoms with Gasteiger partial charge in [-0.05, 0) is 18.6 Å². The van der Waals surface area contributed by atoms with Crippen molar-refractivity contribution in [2.45, 2.75) is 13.0 Å². The number of hydrogen-bond donors (Lipinski definition) is 2. The standard InChI is InChI=1S/C12H16N4O2/c13-11-12(16-6-5-14-11)15-4-2-7-17-9-10-3-1-8-18-10/h1,3,5-6,8H,2,4,7,9H2,(H2,13,14)(H,15,16). The molecule has 18 heavy (non-hydrogen) atoms. The van der Waals surface area contributed by atoms with Crippen LogP contribution in [0.5, 0.6) is 0 Å². The molecule has 96 valence electrons. The lowest BCUT2D eigenvalue weighted by Gasteiger charge is -2.06. The molecule has 2 aromatic heterocycles. The molecule has 2 aromatic rings. The van der Waals surface area contributed by atoms with Gasteiger partial charge in [-0.25, -0.2) is 9.97 Å². The molecule has 0 aromatic carbocycles. The van der Waals surface area contributed by atoms with Gasteiger partial charge in [-0.15, -0.1) is 0 Å². The second-order valence-electron chi connectivity index (χ2n) is 3.70. The minimum absolute atomic E-state index is 0.411. The van der Waals surface area contributed by atoms with Gasteiger partial charge >= 0.3 is 0 Å². The van der Waals surface area contributed by atoms with Gasteiger partial charge in [0.2, 0.25) is 0 Å². The van der Waals surface area contributed by atoms with E-state index in [1.54, 1.807) is 18.7 Å². The molecule has 6 nitrogen and oxygen atoms in total. The zero-order valence-electron chi connectivity index (χ0n) is 10.0. The summed E-state index contributed by atoms with van der Waals surface area (Å²) in [5.74, 6) is 1.86. The minimum Gasteiger partial charge on any atom is -0.467 e. The van der Waals surface area contributed by atoms with Crippen LogP contribution in [0.2, 0.25) is 0 Å². The fourth-order valence-corrected chi connectivity index (χ4v) is 1.43. The summed E-state index contributed by atoms with van der Waals surface area (Å²) in [6.45, 7) is 1.88. The number of nitrogen functional groups attached to an aromatic ring is 1. The number of aromatic nitrogens is 2. The quantitative estimate of drug-likeness (QED) is 0.725. The Morgan fingerprint density at radius 2 is 2.22 bits per heavy atom. The van der Waals surface area contributed by atoms with Crippen LogP contribution in [-0.4, -0.2) is 23.1 Å². The second kappa shape index (κ2) is 6.61. The van der Waals surface area contributed by atoms with Crippen LogP contribution in [0.15, 0.2) is 35.2 Å². The Labute approximate surface area is 105 Å². The molecule has 0 amide bonds. The van der Waals surface area contributed by atoms with E-state index in [2.05, 4.69) is 15.3 Å². The van der Waals surface area contributed by atoms with Gasteiger partial charge in [-0.3, -0.25) is 0 Å². The average Bonchev–Trinajstić information content (AvgIpc) is 2.89. The topological polar surface area (TPSA) is 86.2 Å². The van der Waals surface area contributed by atoms with Gasteiger partial charge in [0.25, 0.3) is 0 Å².